The van der Waals surface area contributed by atoms with Gasteiger partial charge in [0.2, 0.25) is 0 Å². The van der Waals surface area contributed by atoms with Crippen LogP contribution in [0.15, 0.2) is 0 Å². The van der Waals surface area contributed by atoms with E-state index in [0.717, 1.165) is 26.1 Å². The molecule has 0 unspecified atom stereocenters. The van der Waals surface area contributed by atoms with Gasteiger partial charge in [-0.3, -0.25) is 0 Å². The topological polar surface area (TPSA) is 120 Å². The molecule has 0 saturated carbocycles. The van der Waals surface area contributed by atoms with Crippen LogP contribution in [0.1, 0.15) is 168 Å². The zero-order valence-electron chi connectivity index (χ0n) is 42.7. The average Bonchev–Trinajstić information content (AvgIpc) is 3.32. The molecule has 0 fully saturated rings. The standard InChI is InChI=1S/C52H106O13/c1-3-5-7-9-11-13-15-16-18-20-22-24-26-28-54-30-32-56-34-36-58-38-40-60-42-44-62-46-48-64-50-52-65-51-49-63-47-45-61-43-41-59-39-37-57-35-33-55-31-29-53-27-25-23-21-19-17-14-12-10-8-6-4-2/h3-52H2,1-2H3. The number of unbranched alkanes of at least 4 members (excludes halogenated alkanes) is 22. The van der Waals surface area contributed by atoms with Gasteiger partial charge in [0.25, 0.3) is 0 Å². The highest BCUT2D eigenvalue weighted by molar-refractivity contribution is 4.50. The van der Waals surface area contributed by atoms with Crippen LogP contribution in [0.25, 0.3) is 0 Å². The summed E-state index contributed by atoms with van der Waals surface area (Å²) in [6, 6.07) is 0. The van der Waals surface area contributed by atoms with Gasteiger partial charge in [0, 0.05) is 13.2 Å². The van der Waals surface area contributed by atoms with Crippen LogP contribution in [-0.2, 0) is 61.6 Å². The van der Waals surface area contributed by atoms with E-state index in [-0.39, 0.29) is 0 Å². The van der Waals surface area contributed by atoms with Gasteiger partial charge in [0.1, 0.15) is 0 Å². The Morgan fingerprint density at radius 2 is 0.231 bits per heavy atom. The lowest BCUT2D eigenvalue weighted by Crippen LogP contribution is -2.15. The number of hydrogen-bond acceptors (Lipinski definition) is 13. The molecule has 0 aromatic rings. The Morgan fingerprint density at radius 3 is 0.369 bits per heavy atom. The second-order valence-corrected chi connectivity index (χ2v) is 16.7. The van der Waals surface area contributed by atoms with Gasteiger partial charge in [-0.15, -0.1) is 0 Å². The first-order valence-corrected chi connectivity index (χ1v) is 26.9. The van der Waals surface area contributed by atoms with Crippen molar-refractivity contribution in [1.82, 2.24) is 0 Å². The van der Waals surface area contributed by atoms with Gasteiger partial charge in [0.15, 0.2) is 0 Å². The SMILES string of the molecule is CCCCCCCCCCCCCCCOCCOCCOCCOCCOCCOCCOCCOCCOCCOCCOCCOCCOCCCCCCCCCCCCC. The van der Waals surface area contributed by atoms with Crippen molar-refractivity contribution in [2.24, 2.45) is 0 Å². The predicted molar refractivity (Wildman–Crippen MR) is 263 cm³/mol. The molecule has 0 aromatic carbocycles. The summed E-state index contributed by atoms with van der Waals surface area (Å²) in [4.78, 5) is 0. The molecule has 0 aliphatic heterocycles. The largest absolute Gasteiger partial charge is 0.379 e. The molecule has 0 radical (unpaired) electrons. The van der Waals surface area contributed by atoms with Crippen molar-refractivity contribution in [2.45, 2.75) is 168 Å². The Morgan fingerprint density at radius 1 is 0.123 bits per heavy atom. The summed E-state index contributed by atoms with van der Waals surface area (Å²) >= 11 is 0. The normalized spacial score (nSPS) is 11.7. The van der Waals surface area contributed by atoms with E-state index in [4.69, 9.17) is 61.6 Å². The van der Waals surface area contributed by atoms with Gasteiger partial charge >= 0.3 is 0 Å². The van der Waals surface area contributed by atoms with Crippen molar-refractivity contribution in [3.05, 3.63) is 0 Å². The maximum absolute atomic E-state index is 5.69. The predicted octanol–water partition coefficient (Wildman–Crippen LogP) is 10.6. The molecule has 0 saturated heterocycles. The minimum atomic E-state index is 0.518. The first kappa shape index (κ1) is 64.5. The minimum absolute atomic E-state index is 0.518. The summed E-state index contributed by atoms with van der Waals surface area (Å²) in [5, 5.41) is 0. The van der Waals surface area contributed by atoms with Gasteiger partial charge in [-0.25, -0.2) is 0 Å². The van der Waals surface area contributed by atoms with E-state index < -0.39 is 0 Å². The van der Waals surface area contributed by atoms with Crippen molar-refractivity contribution in [3.63, 3.8) is 0 Å². The highest BCUT2D eigenvalue weighted by atomic mass is 16.6. The molecule has 0 amide bonds. The molecule has 392 valence electrons. The lowest BCUT2D eigenvalue weighted by molar-refractivity contribution is -0.0290. The molecule has 0 aliphatic rings. The van der Waals surface area contributed by atoms with Crippen molar-refractivity contribution in [2.75, 3.05) is 172 Å². The lowest BCUT2D eigenvalue weighted by Gasteiger charge is -2.09. The Bertz CT molecular complexity index is 738. The summed E-state index contributed by atoms with van der Waals surface area (Å²) in [6.07, 6.45) is 32.7. The molecular formula is C52H106O13. The fourth-order valence-electron chi connectivity index (χ4n) is 6.83. The fourth-order valence-corrected chi connectivity index (χ4v) is 6.83. The van der Waals surface area contributed by atoms with Crippen LogP contribution in [0.5, 0.6) is 0 Å². The molecule has 13 nitrogen and oxygen atoms in total. The monoisotopic (exact) mass is 939 g/mol. The average molecular weight is 939 g/mol. The van der Waals surface area contributed by atoms with Crippen LogP contribution in [0.4, 0.5) is 0 Å². The van der Waals surface area contributed by atoms with Gasteiger partial charge in [0.05, 0.1) is 159 Å². The van der Waals surface area contributed by atoms with Gasteiger partial charge < -0.3 is 61.6 Å². The Kier molecular flexibility index (Phi) is 63.0. The molecule has 0 N–H and O–H groups in total. The van der Waals surface area contributed by atoms with Gasteiger partial charge in [-0.1, -0.05) is 155 Å². The van der Waals surface area contributed by atoms with Gasteiger partial charge in [-0.2, -0.15) is 0 Å². The zero-order chi connectivity index (χ0) is 46.5. The molecule has 13 heteroatoms. The molecule has 0 aromatic heterocycles. The first-order chi connectivity index (χ1) is 32.4. The lowest BCUT2D eigenvalue weighted by atomic mass is 10.0. The van der Waals surface area contributed by atoms with Crippen LogP contribution in [0, 0.1) is 0 Å². The molecule has 0 heterocycles. The van der Waals surface area contributed by atoms with E-state index in [2.05, 4.69) is 13.8 Å². The summed E-state index contributed by atoms with van der Waals surface area (Å²) in [6.45, 7) is 19.4. The van der Waals surface area contributed by atoms with Crippen LogP contribution < -0.4 is 0 Å². The summed E-state index contributed by atoms with van der Waals surface area (Å²) in [7, 11) is 0. The van der Waals surface area contributed by atoms with E-state index in [9.17, 15) is 0 Å². The van der Waals surface area contributed by atoms with Crippen molar-refractivity contribution < 1.29 is 61.6 Å². The summed E-state index contributed by atoms with van der Waals surface area (Å²) < 4.78 is 72.4. The quantitative estimate of drug-likeness (QED) is 0.0539. The molecule has 0 aliphatic carbocycles. The number of rotatable bonds is 62. The molecular weight excluding hydrogens is 833 g/mol. The Hall–Kier alpha value is -0.520. The smallest absolute Gasteiger partial charge is 0.0701 e. The number of ether oxygens (including phenoxy) is 13. The second-order valence-electron chi connectivity index (χ2n) is 16.7. The molecule has 0 atom stereocenters. The summed E-state index contributed by atoms with van der Waals surface area (Å²) in [5.74, 6) is 0. The number of hydrogen-bond donors (Lipinski definition) is 0. The first-order valence-electron chi connectivity index (χ1n) is 26.9. The fraction of sp³-hybridized carbons (Fsp3) is 1.00. The molecule has 65 heavy (non-hydrogen) atoms. The van der Waals surface area contributed by atoms with Crippen LogP contribution in [0.2, 0.25) is 0 Å². The molecule has 0 bridgehead atoms. The molecule has 0 rings (SSSR count). The van der Waals surface area contributed by atoms with E-state index in [1.165, 1.54) is 141 Å². The zero-order valence-corrected chi connectivity index (χ0v) is 42.7. The van der Waals surface area contributed by atoms with E-state index in [1.54, 1.807) is 0 Å². The minimum Gasteiger partial charge on any atom is -0.379 e. The van der Waals surface area contributed by atoms with E-state index in [1.807, 2.05) is 0 Å². The van der Waals surface area contributed by atoms with E-state index in [0.29, 0.717) is 159 Å². The Labute approximate surface area is 400 Å². The van der Waals surface area contributed by atoms with Crippen molar-refractivity contribution in [3.8, 4) is 0 Å². The third kappa shape index (κ3) is 63.5. The highest BCUT2D eigenvalue weighted by Crippen LogP contribution is 2.13. The summed E-state index contributed by atoms with van der Waals surface area (Å²) in [5.41, 5.74) is 0. The maximum atomic E-state index is 5.69. The van der Waals surface area contributed by atoms with Crippen molar-refractivity contribution in [1.29, 1.82) is 0 Å². The van der Waals surface area contributed by atoms with Crippen LogP contribution >= 0.6 is 0 Å². The second kappa shape index (κ2) is 63.5. The van der Waals surface area contributed by atoms with Gasteiger partial charge in [-0.05, 0) is 12.8 Å². The van der Waals surface area contributed by atoms with Crippen LogP contribution in [0.3, 0.4) is 0 Å². The Balaban J connectivity index is 3.06. The molecule has 0 spiro atoms. The maximum Gasteiger partial charge on any atom is 0.0701 e. The third-order valence-electron chi connectivity index (χ3n) is 10.7. The van der Waals surface area contributed by atoms with Crippen molar-refractivity contribution >= 4 is 0 Å². The highest BCUT2D eigenvalue weighted by Gasteiger charge is 1.99. The van der Waals surface area contributed by atoms with Crippen LogP contribution in [-0.4, -0.2) is 172 Å². The third-order valence-corrected chi connectivity index (χ3v) is 10.7. The van der Waals surface area contributed by atoms with E-state index >= 15 is 0 Å².